The molecule has 3 nitrogen and oxygen atoms in total. The molecule has 2 aromatic rings. The first-order chi connectivity index (χ1) is 7.31. The van der Waals surface area contributed by atoms with Crippen LogP contribution >= 0.6 is 0 Å². The van der Waals surface area contributed by atoms with Gasteiger partial charge >= 0.3 is 0 Å². The van der Waals surface area contributed by atoms with Gasteiger partial charge in [0.05, 0.1) is 0 Å². The molecule has 0 aliphatic rings. The van der Waals surface area contributed by atoms with Crippen LogP contribution in [0.4, 0.5) is 5.69 Å². The summed E-state index contributed by atoms with van der Waals surface area (Å²) < 4.78 is 0. The van der Waals surface area contributed by atoms with Crippen LogP contribution in [0.5, 0.6) is 0 Å². The van der Waals surface area contributed by atoms with E-state index in [1.54, 1.807) is 12.4 Å². The first-order valence-electron chi connectivity index (χ1n) is 4.95. The Bertz CT molecular complexity index is 452. The summed E-state index contributed by atoms with van der Waals surface area (Å²) in [5.41, 5.74) is 9.99. The van der Waals surface area contributed by atoms with Crippen LogP contribution in [0, 0.1) is 0 Å². The van der Waals surface area contributed by atoms with Crippen molar-refractivity contribution in [3.05, 3.63) is 42.5 Å². The van der Waals surface area contributed by atoms with E-state index in [0.717, 1.165) is 28.8 Å². The van der Waals surface area contributed by atoms with Crippen LogP contribution in [0.3, 0.4) is 0 Å². The van der Waals surface area contributed by atoms with Crippen molar-refractivity contribution in [1.82, 2.24) is 9.97 Å². The molecule has 0 atom stereocenters. The molecule has 2 N–H and O–H groups in total. The van der Waals surface area contributed by atoms with Crippen LogP contribution < -0.4 is 5.73 Å². The number of benzene rings is 1. The second-order valence-electron chi connectivity index (χ2n) is 3.39. The minimum atomic E-state index is 0.845. The maximum atomic E-state index is 5.85. The Labute approximate surface area is 89.0 Å². The number of rotatable bonds is 2. The summed E-state index contributed by atoms with van der Waals surface area (Å²) in [4.78, 5) is 7.99. The standard InChI is InChI=1S/C12H13N3/c1-2-9-5-10(3-4-12(9)13)11-6-14-8-15-7-11/h3-8H,2,13H2,1H3. The number of nitrogens with zero attached hydrogens (tertiary/aromatic N) is 2. The number of aromatic nitrogens is 2. The van der Waals surface area contributed by atoms with Crippen molar-refractivity contribution in [2.45, 2.75) is 13.3 Å². The van der Waals surface area contributed by atoms with Crippen LogP contribution in [0.15, 0.2) is 36.9 Å². The minimum absolute atomic E-state index is 0.845. The van der Waals surface area contributed by atoms with Gasteiger partial charge in [-0.05, 0) is 29.7 Å². The lowest BCUT2D eigenvalue weighted by Crippen LogP contribution is -1.93. The first kappa shape index (κ1) is 9.65. The molecule has 2 rings (SSSR count). The number of aryl methyl sites for hydroxylation is 1. The summed E-state index contributed by atoms with van der Waals surface area (Å²) in [6.07, 6.45) is 6.07. The Morgan fingerprint density at radius 2 is 1.87 bits per heavy atom. The summed E-state index contributed by atoms with van der Waals surface area (Å²) in [7, 11) is 0. The average Bonchev–Trinajstić information content (AvgIpc) is 2.31. The van der Waals surface area contributed by atoms with Crippen molar-refractivity contribution < 1.29 is 0 Å². The van der Waals surface area contributed by atoms with Gasteiger partial charge in [0, 0.05) is 23.6 Å². The highest BCUT2D eigenvalue weighted by molar-refractivity contribution is 5.66. The molecule has 0 aliphatic carbocycles. The molecule has 0 saturated heterocycles. The van der Waals surface area contributed by atoms with Gasteiger partial charge in [-0.25, -0.2) is 9.97 Å². The van der Waals surface area contributed by atoms with E-state index in [1.807, 2.05) is 12.1 Å². The predicted octanol–water partition coefficient (Wildman–Crippen LogP) is 2.29. The van der Waals surface area contributed by atoms with Crippen LogP contribution in [-0.4, -0.2) is 9.97 Å². The smallest absolute Gasteiger partial charge is 0.115 e. The third kappa shape index (κ3) is 1.96. The maximum absolute atomic E-state index is 5.85. The van der Waals surface area contributed by atoms with Crippen molar-refractivity contribution in [3.63, 3.8) is 0 Å². The zero-order chi connectivity index (χ0) is 10.7. The SMILES string of the molecule is CCc1cc(-c2cncnc2)ccc1N. The summed E-state index contributed by atoms with van der Waals surface area (Å²) in [5, 5.41) is 0. The Hall–Kier alpha value is -1.90. The molecule has 0 fully saturated rings. The van der Waals surface area contributed by atoms with Gasteiger partial charge in [-0.3, -0.25) is 0 Å². The van der Waals surface area contributed by atoms with Crippen molar-refractivity contribution in [2.24, 2.45) is 0 Å². The van der Waals surface area contributed by atoms with E-state index >= 15 is 0 Å². The molecule has 1 aromatic heterocycles. The molecule has 0 amide bonds. The largest absolute Gasteiger partial charge is 0.399 e. The lowest BCUT2D eigenvalue weighted by Gasteiger charge is -2.06. The fourth-order valence-corrected chi connectivity index (χ4v) is 1.54. The fourth-order valence-electron chi connectivity index (χ4n) is 1.54. The van der Waals surface area contributed by atoms with Gasteiger partial charge in [-0.15, -0.1) is 0 Å². The average molecular weight is 199 g/mol. The van der Waals surface area contributed by atoms with Crippen LogP contribution in [0.1, 0.15) is 12.5 Å². The molecular formula is C12H13N3. The van der Waals surface area contributed by atoms with Gasteiger partial charge in [0.25, 0.3) is 0 Å². The molecule has 1 aromatic carbocycles. The van der Waals surface area contributed by atoms with Crippen molar-refractivity contribution in [1.29, 1.82) is 0 Å². The van der Waals surface area contributed by atoms with Gasteiger partial charge in [-0.1, -0.05) is 13.0 Å². The zero-order valence-corrected chi connectivity index (χ0v) is 8.64. The molecule has 0 bridgehead atoms. The topological polar surface area (TPSA) is 51.8 Å². The highest BCUT2D eigenvalue weighted by Gasteiger charge is 2.01. The molecule has 1 heterocycles. The minimum Gasteiger partial charge on any atom is -0.399 e. The molecule has 0 aliphatic heterocycles. The van der Waals surface area contributed by atoms with Crippen molar-refractivity contribution in [2.75, 3.05) is 5.73 Å². The predicted molar refractivity (Wildman–Crippen MR) is 61.3 cm³/mol. The summed E-state index contributed by atoms with van der Waals surface area (Å²) in [6, 6.07) is 6.02. The Morgan fingerprint density at radius 1 is 1.13 bits per heavy atom. The number of nitrogen functional groups attached to an aromatic ring is 1. The molecule has 0 spiro atoms. The third-order valence-electron chi connectivity index (χ3n) is 2.42. The quantitative estimate of drug-likeness (QED) is 0.755. The van der Waals surface area contributed by atoms with E-state index in [4.69, 9.17) is 5.73 Å². The Balaban J connectivity index is 2.46. The second-order valence-corrected chi connectivity index (χ2v) is 3.39. The number of hydrogen-bond donors (Lipinski definition) is 1. The Morgan fingerprint density at radius 3 is 2.53 bits per heavy atom. The van der Waals surface area contributed by atoms with E-state index < -0.39 is 0 Å². The van der Waals surface area contributed by atoms with Crippen LogP contribution in [0.2, 0.25) is 0 Å². The van der Waals surface area contributed by atoms with Gasteiger partial charge < -0.3 is 5.73 Å². The van der Waals surface area contributed by atoms with Crippen LogP contribution in [-0.2, 0) is 6.42 Å². The lowest BCUT2D eigenvalue weighted by atomic mass is 10.0. The zero-order valence-electron chi connectivity index (χ0n) is 8.64. The summed E-state index contributed by atoms with van der Waals surface area (Å²) >= 11 is 0. The fraction of sp³-hybridized carbons (Fsp3) is 0.167. The van der Waals surface area contributed by atoms with E-state index in [-0.39, 0.29) is 0 Å². The van der Waals surface area contributed by atoms with Crippen molar-refractivity contribution >= 4 is 5.69 Å². The van der Waals surface area contributed by atoms with Gasteiger partial charge in [0.15, 0.2) is 0 Å². The molecule has 0 radical (unpaired) electrons. The molecular weight excluding hydrogens is 186 g/mol. The lowest BCUT2D eigenvalue weighted by molar-refractivity contribution is 1.14. The molecule has 0 saturated carbocycles. The Kier molecular flexibility index (Phi) is 2.63. The van der Waals surface area contributed by atoms with E-state index in [2.05, 4.69) is 23.0 Å². The second kappa shape index (κ2) is 4.09. The molecule has 3 heteroatoms. The van der Waals surface area contributed by atoms with Gasteiger partial charge in [0.1, 0.15) is 6.33 Å². The number of anilines is 1. The highest BCUT2D eigenvalue weighted by atomic mass is 14.8. The summed E-state index contributed by atoms with van der Waals surface area (Å²) in [5.74, 6) is 0. The van der Waals surface area contributed by atoms with Crippen molar-refractivity contribution in [3.8, 4) is 11.1 Å². The summed E-state index contributed by atoms with van der Waals surface area (Å²) in [6.45, 7) is 2.09. The first-order valence-corrected chi connectivity index (χ1v) is 4.95. The number of hydrogen-bond acceptors (Lipinski definition) is 3. The normalized spacial score (nSPS) is 10.2. The maximum Gasteiger partial charge on any atom is 0.115 e. The van der Waals surface area contributed by atoms with E-state index in [0.29, 0.717) is 0 Å². The molecule has 76 valence electrons. The van der Waals surface area contributed by atoms with Crippen LogP contribution in [0.25, 0.3) is 11.1 Å². The van der Waals surface area contributed by atoms with E-state index in [1.165, 1.54) is 6.33 Å². The molecule has 0 unspecified atom stereocenters. The monoisotopic (exact) mass is 199 g/mol. The molecule has 15 heavy (non-hydrogen) atoms. The number of nitrogens with two attached hydrogens (primary N) is 1. The highest BCUT2D eigenvalue weighted by Crippen LogP contribution is 2.22. The van der Waals surface area contributed by atoms with E-state index in [9.17, 15) is 0 Å². The third-order valence-corrected chi connectivity index (χ3v) is 2.42. The van der Waals surface area contributed by atoms with Gasteiger partial charge in [-0.2, -0.15) is 0 Å². The van der Waals surface area contributed by atoms with Gasteiger partial charge in [0.2, 0.25) is 0 Å².